The van der Waals surface area contributed by atoms with Crippen molar-refractivity contribution in [2.75, 3.05) is 55.4 Å². The molecule has 2 aromatic rings. The fourth-order valence-corrected chi connectivity index (χ4v) is 5.68. The Morgan fingerprint density at radius 3 is 2.52 bits per heavy atom. The zero-order chi connectivity index (χ0) is 21.7. The Bertz CT molecular complexity index is 1000. The molecule has 2 aliphatic heterocycles. The summed E-state index contributed by atoms with van der Waals surface area (Å²) >= 11 is 1.28. The van der Waals surface area contributed by atoms with E-state index in [1.54, 1.807) is 12.1 Å². The van der Waals surface area contributed by atoms with Gasteiger partial charge >= 0.3 is 0 Å². The quantitative estimate of drug-likeness (QED) is 0.632. The predicted octanol–water partition coefficient (Wildman–Crippen LogP) is 2.43. The van der Waals surface area contributed by atoms with Crippen LogP contribution in [-0.2, 0) is 19.6 Å². The monoisotopic (exact) mass is 462 g/mol. The van der Waals surface area contributed by atoms with Crippen molar-refractivity contribution in [3.05, 3.63) is 42.6 Å². The third-order valence-corrected chi connectivity index (χ3v) is 8.12. The van der Waals surface area contributed by atoms with Gasteiger partial charge in [0, 0.05) is 32.4 Å². The highest BCUT2D eigenvalue weighted by molar-refractivity contribution is 7.99. The van der Waals surface area contributed by atoms with Gasteiger partial charge in [0.15, 0.2) is 0 Å². The number of nitrogens with one attached hydrogen (secondary N) is 1. The van der Waals surface area contributed by atoms with E-state index in [1.165, 1.54) is 35.1 Å². The standard InChI is InChI=1S/C21H26N4O4S2/c26-20(23-18-5-1-2-6-19(18)24-9-3-4-10-24)16-30-21-8-7-17(15-22-21)31(27,28)25-11-13-29-14-12-25/h1-2,5-8,15H,3-4,9-14,16H2,(H,23,26). The van der Waals surface area contributed by atoms with Crippen LogP contribution < -0.4 is 10.2 Å². The van der Waals surface area contributed by atoms with E-state index in [1.807, 2.05) is 24.3 Å². The molecule has 1 amide bonds. The number of thioether (sulfide) groups is 1. The van der Waals surface area contributed by atoms with Crippen LogP contribution in [0.4, 0.5) is 11.4 Å². The molecule has 0 spiro atoms. The molecule has 0 bridgehead atoms. The molecular formula is C21H26N4O4S2. The zero-order valence-corrected chi connectivity index (χ0v) is 18.8. The van der Waals surface area contributed by atoms with Gasteiger partial charge in [-0.2, -0.15) is 4.31 Å². The summed E-state index contributed by atoms with van der Waals surface area (Å²) in [4.78, 5) is 19.2. The molecular weight excluding hydrogens is 436 g/mol. The average Bonchev–Trinajstić information content (AvgIpc) is 3.34. The van der Waals surface area contributed by atoms with Gasteiger partial charge in [0.2, 0.25) is 15.9 Å². The van der Waals surface area contributed by atoms with Gasteiger partial charge in [-0.15, -0.1) is 0 Å². The normalized spacial score (nSPS) is 17.6. The molecule has 2 saturated heterocycles. The number of pyridine rings is 1. The van der Waals surface area contributed by atoms with E-state index in [0.717, 1.165) is 24.5 Å². The summed E-state index contributed by atoms with van der Waals surface area (Å²) in [6.45, 7) is 3.50. The summed E-state index contributed by atoms with van der Waals surface area (Å²) in [5, 5.41) is 3.59. The number of aromatic nitrogens is 1. The molecule has 4 rings (SSSR count). The molecule has 8 nitrogen and oxygen atoms in total. The number of ether oxygens (including phenoxy) is 1. The zero-order valence-electron chi connectivity index (χ0n) is 17.2. The first kappa shape index (κ1) is 22.1. The lowest BCUT2D eigenvalue weighted by Gasteiger charge is -2.25. The van der Waals surface area contributed by atoms with E-state index in [4.69, 9.17) is 4.74 Å². The third-order valence-electron chi connectivity index (χ3n) is 5.29. The number of hydrogen-bond donors (Lipinski definition) is 1. The molecule has 0 saturated carbocycles. The van der Waals surface area contributed by atoms with E-state index in [-0.39, 0.29) is 16.6 Å². The largest absolute Gasteiger partial charge is 0.379 e. The van der Waals surface area contributed by atoms with E-state index in [2.05, 4.69) is 15.2 Å². The Balaban J connectivity index is 1.34. The number of amides is 1. The maximum absolute atomic E-state index is 12.7. The molecule has 0 atom stereocenters. The molecule has 31 heavy (non-hydrogen) atoms. The van der Waals surface area contributed by atoms with Gasteiger partial charge in [0.1, 0.15) is 4.90 Å². The number of morpholine rings is 1. The Morgan fingerprint density at radius 2 is 1.81 bits per heavy atom. The molecule has 166 valence electrons. The van der Waals surface area contributed by atoms with Crippen LogP contribution in [0, 0.1) is 0 Å². The highest BCUT2D eigenvalue weighted by atomic mass is 32.2. The number of para-hydroxylation sites is 2. The highest BCUT2D eigenvalue weighted by Crippen LogP contribution is 2.29. The lowest BCUT2D eigenvalue weighted by Crippen LogP contribution is -2.40. The summed E-state index contributed by atoms with van der Waals surface area (Å²) in [7, 11) is -3.57. The number of anilines is 2. The third kappa shape index (κ3) is 5.38. The number of nitrogens with zero attached hydrogens (tertiary/aromatic N) is 3. The SMILES string of the molecule is O=C(CSc1ccc(S(=O)(=O)N2CCOCC2)cn1)Nc1ccccc1N1CCCC1. The lowest BCUT2D eigenvalue weighted by atomic mass is 10.2. The molecule has 0 radical (unpaired) electrons. The Labute approximate surface area is 187 Å². The fraction of sp³-hybridized carbons (Fsp3) is 0.429. The maximum Gasteiger partial charge on any atom is 0.244 e. The summed E-state index contributed by atoms with van der Waals surface area (Å²) in [5.41, 5.74) is 1.86. The number of sulfonamides is 1. The summed E-state index contributed by atoms with van der Waals surface area (Å²) in [6.07, 6.45) is 3.69. The van der Waals surface area contributed by atoms with E-state index in [0.29, 0.717) is 31.3 Å². The van der Waals surface area contributed by atoms with Crippen molar-refractivity contribution >= 4 is 39.1 Å². The van der Waals surface area contributed by atoms with Crippen LogP contribution in [0.15, 0.2) is 52.5 Å². The second-order valence-electron chi connectivity index (χ2n) is 7.40. The van der Waals surface area contributed by atoms with Crippen LogP contribution in [0.3, 0.4) is 0 Å². The second-order valence-corrected chi connectivity index (χ2v) is 10.3. The molecule has 1 N–H and O–H groups in total. The Kier molecular flexibility index (Phi) is 7.11. The molecule has 0 unspecified atom stereocenters. The Morgan fingerprint density at radius 1 is 1.06 bits per heavy atom. The summed E-state index contributed by atoms with van der Waals surface area (Å²) in [6, 6.07) is 11.0. The molecule has 10 heteroatoms. The van der Waals surface area contributed by atoms with Crippen LogP contribution in [0.1, 0.15) is 12.8 Å². The number of carbonyl (C=O) groups excluding carboxylic acids is 1. The van der Waals surface area contributed by atoms with Crippen molar-refractivity contribution in [2.45, 2.75) is 22.8 Å². The lowest BCUT2D eigenvalue weighted by molar-refractivity contribution is -0.113. The van der Waals surface area contributed by atoms with Gasteiger partial charge in [-0.05, 0) is 37.1 Å². The first-order valence-corrected chi connectivity index (χ1v) is 12.8. The maximum atomic E-state index is 12.7. The molecule has 2 aliphatic rings. The minimum absolute atomic E-state index is 0.122. The average molecular weight is 463 g/mol. The van der Waals surface area contributed by atoms with E-state index < -0.39 is 10.0 Å². The minimum Gasteiger partial charge on any atom is -0.379 e. The van der Waals surface area contributed by atoms with Crippen molar-refractivity contribution in [1.29, 1.82) is 0 Å². The summed E-state index contributed by atoms with van der Waals surface area (Å²) < 4.78 is 32.0. The van der Waals surface area contributed by atoms with Crippen molar-refractivity contribution in [3.8, 4) is 0 Å². The molecule has 3 heterocycles. The van der Waals surface area contributed by atoms with Crippen LogP contribution in [-0.4, -0.2) is 68.8 Å². The first-order valence-electron chi connectivity index (χ1n) is 10.3. The molecule has 2 fully saturated rings. The number of rotatable bonds is 7. The number of carbonyl (C=O) groups is 1. The summed E-state index contributed by atoms with van der Waals surface area (Å²) in [5.74, 6) is 0.0696. The molecule has 1 aromatic heterocycles. The smallest absolute Gasteiger partial charge is 0.244 e. The Hall–Kier alpha value is -2.14. The molecule has 1 aromatic carbocycles. The minimum atomic E-state index is -3.57. The first-order chi connectivity index (χ1) is 15.0. The van der Waals surface area contributed by atoms with Crippen molar-refractivity contribution < 1.29 is 17.9 Å². The predicted molar refractivity (Wildman–Crippen MR) is 121 cm³/mol. The van der Waals surface area contributed by atoms with Crippen LogP contribution in [0.2, 0.25) is 0 Å². The topological polar surface area (TPSA) is 91.8 Å². The highest BCUT2D eigenvalue weighted by Gasteiger charge is 2.26. The van der Waals surface area contributed by atoms with Gasteiger partial charge in [-0.25, -0.2) is 13.4 Å². The van der Waals surface area contributed by atoms with E-state index >= 15 is 0 Å². The molecule has 0 aliphatic carbocycles. The van der Waals surface area contributed by atoms with Gasteiger partial charge < -0.3 is 15.0 Å². The number of hydrogen-bond acceptors (Lipinski definition) is 7. The number of benzene rings is 1. The van der Waals surface area contributed by atoms with Crippen molar-refractivity contribution in [2.24, 2.45) is 0 Å². The van der Waals surface area contributed by atoms with Gasteiger partial charge in [-0.3, -0.25) is 4.79 Å². The van der Waals surface area contributed by atoms with Gasteiger partial charge in [0.25, 0.3) is 0 Å². The van der Waals surface area contributed by atoms with Crippen molar-refractivity contribution in [3.63, 3.8) is 0 Å². The second kappa shape index (κ2) is 9.99. The van der Waals surface area contributed by atoms with E-state index in [9.17, 15) is 13.2 Å². The van der Waals surface area contributed by atoms with Crippen molar-refractivity contribution in [1.82, 2.24) is 9.29 Å². The van der Waals surface area contributed by atoms with Crippen LogP contribution in [0.25, 0.3) is 0 Å². The van der Waals surface area contributed by atoms with Gasteiger partial charge in [0.05, 0.1) is 35.4 Å². The fourth-order valence-electron chi connectivity index (χ4n) is 3.68. The van der Waals surface area contributed by atoms with Crippen LogP contribution >= 0.6 is 11.8 Å². The van der Waals surface area contributed by atoms with Gasteiger partial charge in [-0.1, -0.05) is 23.9 Å². The van der Waals surface area contributed by atoms with Crippen LogP contribution in [0.5, 0.6) is 0 Å².